The van der Waals surface area contributed by atoms with E-state index in [1.165, 1.54) is 12.1 Å². The van der Waals surface area contributed by atoms with Gasteiger partial charge in [0.05, 0.1) is 11.3 Å². The third kappa shape index (κ3) is 6.26. The lowest BCUT2D eigenvalue weighted by molar-refractivity contribution is -0.384. The van der Waals surface area contributed by atoms with Crippen molar-refractivity contribution in [2.24, 2.45) is 5.73 Å². The Bertz CT molecular complexity index is 834. The Hall–Kier alpha value is -2.48. The van der Waals surface area contributed by atoms with E-state index in [2.05, 4.69) is 11.9 Å². The minimum atomic E-state index is -0.429. The zero-order valence-electron chi connectivity index (χ0n) is 17.2. The van der Waals surface area contributed by atoms with Crippen molar-refractivity contribution in [3.05, 3.63) is 75.3 Å². The summed E-state index contributed by atoms with van der Waals surface area (Å²) in [6.45, 7) is 3.00. The molecule has 0 aliphatic carbocycles. The average Bonchev–Trinajstić information content (AvgIpc) is 2.73. The van der Waals surface area contributed by atoms with Crippen LogP contribution in [0.1, 0.15) is 29.5 Å². The summed E-state index contributed by atoms with van der Waals surface area (Å²) in [5.41, 5.74) is 8.66. The maximum atomic E-state index is 13.2. The maximum absolute atomic E-state index is 13.2. The lowest BCUT2D eigenvalue weighted by Gasteiger charge is -2.37. The standard InChI is InChI=1S/C22H28N4O3.ClH/c1-24-12-10-20(11-13-24)25(16-19-4-2-18(15-23)3-5-19)22(27)14-17-6-8-21(9-7-17)26(28)29;/h2-9,20H,10-16,23H2,1H3;1H. The van der Waals surface area contributed by atoms with E-state index in [-0.39, 0.29) is 36.5 Å². The second-order valence-corrected chi connectivity index (χ2v) is 7.68. The summed E-state index contributed by atoms with van der Waals surface area (Å²) < 4.78 is 0. The minimum Gasteiger partial charge on any atom is -0.335 e. The Kier molecular flexibility index (Phi) is 8.77. The predicted molar refractivity (Wildman–Crippen MR) is 119 cm³/mol. The highest BCUT2D eigenvalue weighted by molar-refractivity contribution is 5.85. The molecular weight excluding hydrogens is 404 g/mol. The van der Waals surface area contributed by atoms with E-state index < -0.39 is 4.92 Å². The maximum Gasteiger partial charge on any atom is 0.269 e. The monoisotopic (exact) mass is 432 g/mol. The predicted octanol–water partition coefficient (Wildman–Crippen LogP) is 3.14. The SMILES string of the molecule is CN1CCC(N(Cc2ccc(CN)cc2)C(=O)Cc2ccc([N+](=O)[O-])cc2)CC1.Cl. The topological polar surface area (TPSA) is 92.7 Å². The van der Waals surface area contributed by atoms with Crippen molar-refractivity contribution >= 4 is 24.0 Å². The molecule has 2 aromatic carbocycles. The molecule has 0 radical (unpaired) electrons. The Morgan fingerprint density at radius 2 is 1.60 bits per heavy atom. The largest absolute Gasteiger partial charge is 0.335 e. The third-order valence-electron chi connectivity index (χ3n) is 5.56. The first kappa shape index (κ1) is 23.8. The van der Waals surface area contributed by atoms with Crippen molar-refractivity contribution in [1.29, 1.82) is 0 Å². The summed E-state index contributed by atoms with van der Waals surface area (Å²) in [5, 5.41) is 10.8. The lowest BCUT2D eigenvalue weighted by atomic mass is 10.0. The number of nitrogens with zero attached hydrogens (tertiary/aromatic N) is 3. The first-order valence-electron chi connectivity index (χ1n) is 9.95. The number of hydrogen-bond acceptors (Lipinski definition) is 5. The molecule has 1 fully saturated rings. The van der Waals surface area contributed by atoms with Gasteiger partial charge in [0.1, 0.15) is 0 Å². The molecule has 8 heteroatoms. The summed E-state index contributed by atoms with van der Waals surface area (Å²) in [5.74, 6) is 0.0521. The highest BCUT2D eigenvalue weighted by atomic mass is 35.5. The van der Waals surface area contributed by atoms with Crippen LogP contribution in [0.2, 0.25) is 0 Å². The molecule has 2 N–H and O–H groups in total. The van der Waals surface area contributed by atoms with Crippen LogP contribution in [0.4, 0.5) is 5.69 Å². The molecule has 7 nitrogen and oxygen atoms in total. The summed E-state index contributed by atoms with van der Waals surface area (Å²) >= 11 is 0. The van der Waals surface area contributed by atoms with Gasteiger partial charge in [-0.2, -0.15) is 0 Å². The number of piperidine rings is 1. The smallest absolute Gasteiger partial charge is 0.269 e. The molecule has 30 heavy (non-hydrogen) atoms. The minimum absolute atomic E-state index is 0. The van der Waals surface area contributed by atoms with E-state index in [1.807, 2.05) is 29.2 Å². The van der Waals surface area contributed by atoms with Crippen molar-refractivity contribution in [1.82, 2.24) is 9.80 Å². The number of nitrogens with two attached hydrogens (primary N) is 1. The summed E-state index contributed by atoms with van der Waals surface area (Å²) in [6.07, 6.45) is 2.14. The van der Waals surface area contributed by atoms with Crippen LogP contribution in [0.3, 0.4) is 0 Å². The van der Waals surface area contributed by atoms with Crippen molar-refractivity contribution < 1.29 is 9.72 Å². The lowest BCUT2D eigenvalue weighted by Crippen LogP contribution is -2.46. The van der Waals surface area contributed by atoms with Crippen LogP contribution in [0.15, 0.2) is 48.5 Å². The first-order chi connectivity index (χ1) is 14.0. The van der Waals surface area contributed by atoms with Gasteiger partial charge in [0.2, 0.25) is 5.91 Å². The van der Waals surface area contributed by atoms with E-state index in [9.17, 15) is 14.9 Å². The number of benzene rings is 2. The van der Waals surface area contributed by atoms with Gasteiger partial charge in [-0.25, -0.2) is 0 Å². The molecule has 3 rings (SSSR count). The van der Waals surface area contributed by atoms with E-state index in [0.717, 1.165) is 42.6 Å². The second kappa shape index (κ2) is 11.1. The molecule has 2 aromatic rings. The molecule has 162 valence electrons. The van der Waals surface area contributed by atoms with Crippen LogP contribution in [0.25, 0.3) is 0 Å². The number of nitro groups is 1. The number of halogens is 1. The van der Waals surface area contributed by atoms with Gasteiger partial charge < -0.3 is 15.5 Å². The van der Waals surface area contributed by atoms with Gasteiger partial charge in [-0.1, -0.05) is 36.4 Å². The molecule has 1 aliphatic heterocycles. The third-order valence-corrected chi connectivity index (χ3v) is 5.56. The molecule has 1 heterocycles. The number of nitro benzene ring substituents is 1. The van der Waals surface area contributed by atoms with Crippen molar-refractivity contribution in [2.75, 3.05) is 20.1 Å². The number of carbonyl (C=O) groups is 1. The van der Waals surface area contributed by atoms with Crippen molar-refractivity contribution in [3.63, 3.8) is 0 Å². The van der Waals surface area contributed by atoms with Gasteiger partial charge in [0.15, 0.2) is 0 Å². The van der Waals surface area contributed by atoms with E-state index >= 15 is 0 Å². The molecule has 1 amide bonds. The fourth-order valence-corrected chi connectivity index (χ4v) is 3.72. The number of hydrogen-bond donors (Lipinski definition) is 1. The number of non-ortho nitro benzene ring substituents is 1. The Labute approximate surface area is 183 Å². The highest BCUT2D eigenvalue weighted by Crippen LogP contribution is 2.21. The first-order valence-corrected chi connectivity index (χ1v) is 9.95. The zero-order chi connectivity index (χ0) is 20.8. The molecule has 0 bridgehead atoms. The van der Waals surface area contributed by atoms with Gasteiger partial charge in [-0.05, 0) is 49.7 Å². The van der Waals surface area contributed by atoms with Gasteiger partial charge in [0.25, 0.3) is 5.69 Å². The van der Waals surface area contributed by atoms with Crippen LogP contribution < -0.4 is 5.73 Å². The molecule has 0 aromatic heterocycles. The van der Waals surface area contributed by atoms with Crippen LogP contribution >= 0.6 is 12.4 Å². The molecule has 0 spiro atoms. The summed E-state index contributed by atoms with van der Waals surface area (Å²) in [6, 6.07) is 14.5. The Balaban J connectivity index is 0.00000320. The van der Waals surface area contributed by atoms with E-state index in [4.69, 9.17) is 5.73 Å². The van der Waals surface area contributed by atoms with Gasteiger partial charge in [-0.3, -0.25) is 14.9 Å². The summed E-state index contributed by atoms with van der Waals surface area (Å²) in [4.78, 5) is 27.9. The highest BCUT2D eigenvalue weighted by Gasteiger charge is 2.27. The molecule has 0 saturated carbocycles. The van der Waals surface area contributed by atoms with Crippen molar-refractivity contribution in [2.45, 2.75) is 38.4 Å². The number of carbonyl (C=O) groups excluding carboxylic acids is 1. The molecular formula is C22H29ClN4O3. The van der Waals surface area contributed by atoms with Crippen molar-refractivity contribution in [3.8, 4) is 0 Å². The number of likely N-dealkylation sites (tertiary alicyclic amines) is 1. The average molecular weight is 433 g/mol. The Morgan fingerprint density at radius 1 is 1.07 bits per heavy atom. The quantitative estimate of drug-likeness (QED) is 0.536. The van der Waals surface area contributed by atoms with Gasteiger partial charge in [0, 0.05) is 31.3 Å². The fourth-order valence-electron chi connectivity index (χ4n) is 3.72. The van der Waals surface area contributed by atoms with Crippen LogP contribution in [-0.4, -0.2) is 46.8 Å². The van der Waals surface area contributed by atoms with Gasteiger partial charge in [-0.15, -0.1) is 12.4 Å². The second-order valence-electron chi connectivity index (χ2n) is 7.68. The van der Waals surface area contributed by atoms with Crippen LogP contribution in [0, 0.1) is 10.1 Å². The van der Waals surface area contributed by atoms with Crippen LogP contribution in [0.5, 0.6) is 0 Å². The summed E-state index contributed by atoms with van der Waals surface area (Å²) in [7, 11) is 2.10. The van der Waals surface area contributed by atoms with Gasteiger partial charge >= 0.3 is 0 Å². The number of amides is 1. The molecule has 1 aliphatic rings. The normalized spacial score (nSPS) is 14.7. The van der Waals surface area contributed by atoms with Crippen LogP contribution in [-0.2, 0) is 24.3 Å². The Morgan fingerprint density at radius 3 is 2.13 bits per heavy atom. The molecule has 0 atom stereocenters. The number of rotatable bonds is 7. The van der Waals surface area contributed by atoms with E-state index in [1.54, 1.807) is 12.1 Å². The molecule has 1 saturated heterocycles. The zero-order valence-corrected chi connectivity index (χ0v) is 18.0. The van der Waals surface area contributed by atoms with E-state index in [0.29, 0.717) is 13.1 Å². The molecule has 0 unspecified atom stereocenters. The fraction of sp³-hybridized carbons (Fsp3) is 0.409.